The molecule has 5 heteroatoms. The van der Waals surface area contributed by atoms with Crippen LogP contribution in [0.2, 0.25) is 0 Å². The topological polar surface area (TPSA) is 64.7 Å². The standard InChI is InChI=1S/C14H12F2N2O/c15-14(16)5-11(6-14)12(8-18)13(19)10-3-1-9(7-17)2-4-10/h1-4,8,11-12,18H,5-6H2. The lowest BCUT2D eigenvalue weighted by Crippen LogP contribution is -2.42. The summed E-state index contributed by atoms with van der Waals surface area (Å²) in [5.74, 6) is -4.29. The molecule has 1 aromatic rings. The second kappa shape index (κ2) is 4.88. The molecule has 1 aromatic carbocycles. The van der Waals surface area contributed by atoms with Gasteiger partial charge in [0, 0.05) is 24.6 Å². The molecule has 0 amide bonds. The Hall–Kier alpha value is -2.09. The first-order valence-corrected chi connectivity index (χ1v) is 5.89. The van der Waals surface area contributed by atoms with Crippen LogP contribution in [-0.2, 0) is 0 Å². The Morgan fingerprint density at radius 3 is 2.42 bits per heavy atom. The lowest BCUT2D eigenvalue weighted by atomic mass is 9.71. The molecule has 0 radical (unpaired) electrons. The number of ketones is 1. The first-order chi connectivity index (χ1) is 8.96. The van der Waals surface area contributed by atoms with Gasteiger partial charge < -0.3 is 5.41 Å². The second-order valence-corrected chi connectivity index (χ2v) is 4.77. The van der Waals surface area contributed by atoms with Crippen molar-refractivity contribution in [2.75, 3.05) is 0 Å². The van der Waals surface area contributed by atoms with Crippen molar-refractivity contribution in [1.82, 2.24) is 0 Å². The Kier molecular flexibility index (Phi) is 3.43. The number of nitriles is 1. The van der Waals surface area contributed by atoms with Crippen LogP contribution in [0.1, 0.15) is 28.8 Å². The zero-order valence-corrected chi connectivity index (χ0v) is 10.1. The summed E-state index contributed by atoms with van der Waals surface area (Å²) in [5, 5.41) is 15.9. The van der Waals surface area contributed by atoms with Gasteiger partial charge in [-0.2, -0.15) is 5.26 Å². The van der Waals surface area contributed by atoms with E-state index in [0.29, 0.717) is 11.1 Å². The van der Waals surface area contributed by atoms with Crippen LogP contribution in [-0.4, -0.2) is 17.9 Å². The Balaban J connectivity index is 2.13. The number of alkyl halides is 2. The highest BCUT2D eigenvalue weighted by Crippen LogP contribution is 2.46. The van der Waals surface area contributed by atoms with Crippen molar-refractivity contribution in [3.05, 3.63) is 35.4 Å². The van der Waals surface area contributed by atoms with E-state index in [9.17, 15) is 13.6 Å². The van der Waals surface area contributed by atoms with E-state index in [0.717, 1.165) is 6.21 Å². The minimum absolute atomic E-state index is 0.333. The summed E-state index contributed by atoms with van der Waals surface area (Å²) in [5.41, 5.74) is 0.779. The molecule has 3 nitrogen and oxygen atoms in total. The summed E-state index contributed by atoms with van der Waals surface area (Å²) in [6.45, 7) is 0. The first kappa shape index (κ1) is 13.3. The van der Waals surface area contributed by atoms with E-state index in [1.165, 1.54) is 24.3 Å². The third-order valence-corrected chi connectivity index (χ3v) is 3.41. The highest BCUT2D eigenvalue weighted by Gasteiger charge is 2.49. The van der Waals surface area contributed by atoms with Crippen LogP contribution in [0.5, 0.6) is 0 Å². The van der Waals surface area contributed by atoms with Crippen molar-refractivity contribution in [2.45, 2.75) is 18.8 Å². The van der Waals surface area contributed by atoms with Gasteiger partial charge in [-0.05, 0) is 18.1 Å². The molecule has 1 N–H and O–H groups in total. The number of rotatable bonds is 4. The summed E-state index contributed by atoms with van der Waals surface area (Å²) in [4.78, 5) is 12.1. The molecule has 1 unspecified atom stereocenters. The fourth-order valence-corrected chi connectivity index (χ4v) is 2.29. The first-order valence-electron chi connectivity index (χ1n) is 5.89. The molecular formula is C14H12F2N2O. The Labute approximate surface area is 109 Å². The average Bonchev–Trinajstić information content (AvgIpc) is 2.37. The summed E-state index contributed by atoms with van der Waals surface area (Å²) in [6, 6.07) is 7.93. The van der Waals surface area contributed by atoms with Gasteiger partial charge in [0.1, 0.15) is 0 Å². The molecule has 0 aromatic heterocycles. The summed E-state index contributed by atoms with van der Waals surface area (Å²) in [6.07, 6.45) is 0.268. The van der Waals surface area contributed by atoms with Gasteiger partial charge in [-0.25, -0.2) is 8.78 Å². The number of nitrogens with zero attached hydrogens (tertiary/aromatic N) is 1. The maximum Gasteiger partial charge on any atom is 0.248 e. The lowest BCUT2D eigenvalue weighted by molar-refractivity contribution is -0.114. The molecule has 98 valence electrons. The Bertz CT molecular complexity index is 538. The van der Waals surface area contributed by atoms with E-state index in [2.05, 4.69) is 0 Å². The SMILES string of the molecule is N#Cc1ccc(C(=O)C(C=N)C2CC(F)(F)C2)cc1. The van der Waals surface area contributed by atoms with Crippen molar-refractivity contribution in [1.29, 1.82) is 10.7 Å². The molecule has 2 rings (SSSR count). The largest absolute Gasteiger partial charge is 0.312 e. The smallest absolute Gasteiger partial charge is 0.248 e. The van der Waals surface area contributed by atoms with Crippen LogP contribution < -0.4 is 0 Å². The van der Waals surface area contributed by atoms with E-state index in [1.807, 2.05) is 6.07 Å². The van der Waals surface area contributed by atoms with Gasteiger partial charge in [-0.1, -0.05) is 12.1 Å². The van der Waals surface area contributed by atoms with Gasteiger partial charge in [-0.15, -0.1) is 0 Å². The van der Waals surface area contributed by atoms with Crippen molar-refractivity contribution in [3.63, 3.8) is 0 Å². The molecule has 0 saturated heterocycles. The number of benzene rings is 1. The maximum atomic E-state index is 12.8. The third-order valence-electron chi connectivity index (χ3n) is 3.41. The normalized spacial score (nSPS) is 19.0. The molecule has 0 bridgehead atoms. The molecule has 1 saturated carbocycles. The van der Waals surface area contributed by atoms with Crippen molar-refractivity contribution in [3.8, 4) is 6.07 Å². The van der Waals surface area contributed by atoms with Crippen LogP contribution in [0, 0.1) is 28.6 Å². The highest BCUT2D eigenvalue weighted by molar-refractivity contribution is 6.06. The molecule has 1 aliphatic carbocycles. The number of hydrogen-bond acceptors (Lipinski definition) is 3. The van der Waals surface area contributed by atoms with Gasteiger partial charge >= 0.3 is 0 Å². The predicted octanol–water partition coefficient (Wildman–Crippen LogP) is 3.05. The van der Waals surface area contributed by atoms with Crippen LogP contribution in [0.4, 0.5) is 8.78 Å². The van der Waals surface area contributed by atoms with Crippen LogP contribution in [0.25, 0.3) is 0 Å². The molecular weight excluding hydrogens is 250 g/mol. The molecule has 1 atom stereocenters. The number of halogens is 2. The van der Waals surface area contributed by atoms with E-state index in [4.69, 9.17) is 10.7 Å². The highest BCUT2D eigenvalue weighted by atomic mass is 19.3. The quantitative estimate of drug-likeness (QED) is 0.669. The van der Waals surface area contributed by atoms with Gasteiger partial charge in [0.05, 0.1) is 17.6 Å². The molecule has 0 aliphatic heterocycles. The van der Waals surface area contributed by atoms with Crippen molar-refractivity contribution in [2.24, 2.45) is 11.8 Å². The molecule has 1 fully saturated rings. The molecule has 0 heterocycles. The molecule has 19 heavy (non-hydrogen) atoms. The van der Waals surface area contributed by atoms with Crippen molar-refractivity contribution >= 4 is 12.0 Å². The zero-order valence-electron chi connectivity index (χ0n) is 10.1. The number of nitrogens with one attached hydrogen (secondary N) is 1. The number of carbonyl (C=O) groups excluding carboxylic acids is 1. The number of Topliss-reactive ketones (excluding diaryl/α,β-unsaturated/α-hetero) is 1. The summed E-state index contributed by atoms with van der Waals surface area (Å²) < 4.78 is 25.7. The fourth-order valence-electron chi connectivity index (χ4n) is 2.29. The number of carbonyl (C=O) groups is 1. The van der Waals surface area contributed by atoms with E-state index in [-0.39, 0.29) is 18.6 Å². The van der Waals surface area contributed by atoms with Gasteiger partial charge in [0.15, 0.2) is 5.78 Å². The Morgan fingerprint density at radius 1 is 1.42 bits per heavy atom. The predicted molar refractivity (Wildman–Crippen MR) is 65.4 cm³/mol. The van der Waals surface area contributed by atoms with Crippen LogP contribution in [0.3, 0.4) is 0 Å². The lowest BCUT2D eigenvalue weighted by Gasteiger charge is -2.38. The van der Waals surface area contributed by atoms with Gasteiger partial charge in [0.25, 0.3) is 0 Å². The Morgan fingerprint density at radius 2 is 2.00 bits per heavy atom. The number of hydrogen-bond donors (Lipinski definition) is 1. The summed E-state index contributed by atoms with van der Waals surface area (Å²) in [7, 11) is 0. The molecule has 1 aliphatic rings. The van der Waals surface area contributed by atoms with Gasteiger partial charge in [-0.3, -0.25) is 4.79 Å². The average molecular weight is 262 g/mol. The zero-order chi connectivity index (χ0) is 14.0. The second-order valence-electron chi connectivity index (χ2n) is 4.77. The van der Waals surface area contributed by atoms with E-state index < -0.39 is 17.8 Å². The minimum atomic E-state index is -2.70. The van der Waals surface area contributed by atoms with Crippen LogP contribution >= 0.6 is 0 Å². The third kappa shape index (κ3) is 2.68. The molecule has 0 spiro atoms. The summed E-state index contributed by atoms with van der Waals surface area (Å²) >= 11 is 0. The minimum Gasteiger partial charge on any atom is -0.312 e. The van der Waals surface area contributed by atoms with Crippen molar-refractivity contribution < 1.29 is 13.6 Å². The van der Waals surface area contributed by atoms with Gasteiger partial charge in [0.2, 0.25) is 5.92 Å². The van der Waals surface area contributed by atoms with Crippen LogP contribution in [0.15, 0.2) is 24.3 Å². The van der Waals surface area contributed by atoms with E-state index in [1.54, 1.807) is 0 Å². The fraction of sp³-hybridized carbons (Fsp3) is 0.357. The monoisotopic (exact) mass is 262 g/mol. The maximum absolute atomic E-state index is 12.8. The van der Waals surface area contributed by atoms with E-state index >= 15 is 0 Å².